The number of carbonyl (C=O) groups excluding carboxylic acids is 2. The topological polar surface area (TPSA) is 86.1 Å². The molecule has 34 heavy (non-hydrogen) atoms. The van der Waals surface area contributed by atoms with Crippen LogP contribution in [0.25, 0.3) is 5.69 Å². The third kappa shape index (κ3) is 6.24. The van der Waals surface area contributed by atoms with E-state index in [0.717, 1.165) is 11.3 Å². The zero-order chi connectivity index (χ0) is 23.8. The lowest BCUT2D eigenvalue weighted by atomic mass is 10.1. The number of halogens is 1. The zero-order valence-corrected chi connectivity index (χ0v) is 19.6. The molecule has 0 atom stereocenters. The molecule has 0 aliphatic heterocycles. The summed E-state index contributed by atoms with van der Waals surface area (Å²) in [5.41, 5.74) is 1.67. The summed E-state index contributed by atoms with van der Waals surface area (Å²) < 4.78 is 7.66. The second-order valence-corrected chi connectivity index (χ2v) is 8.56. The molecular weight excluding hydrogens is 472 g/mol. The number of benzene rings is 3. The Kier molecular flexibility index (Phi) is 7.95. The van der Waals surface area contributed by atoms with Crippen molar-refractivity contribution in [1.82, 2.24) is 20.1 Å². The number of carbonyl (C=O) groups is 2. The average Bonchev–Trinajstić information content (AvgIpc) is 3.26. The number of thioether (sulfide) groups is 1. The Bertz CT molecular complexity index is 1270. The molecule has 172 valence electrons. The van der Waals surface area contributed by atoms with Gasteiger partial charge in [-0.2, -0.15) is 0 Å². The van der Waals surface area contributed by atoms with Crippen LogP contribution in [0.3, 0.4) is 0 Å². The van der Waals surface area contributed by atoms with Gasteiger partial charge in [0.25, 0.3) is 0 Å². The summed E-state index contributed by atoms with van der Waals surface area (Å²) in [5, 5.41) is 11.9. The van der Waals surface area contributed by atoms with Gasteiger partial charge in [-0.25, -0.2) is 0 Å². The summed E-state index contributed by atoms with van der Waals surface area (Å²) in [5.74, 6) is 0.348. The van der Waals surface area contributed by atoms with Gasteiger partial charge < -0.3 is 4.74 Å². The molecular formula is C25H21ClN4O3S. The molecule has 4 aromatic rings. The normalized spacial score (nSPS) is 10.6. The summed E-state index contributed by atoms with van der Waals surface area (Å²) in [6.07, 6.45) is 0.140. The number of para-hydroxylation sites is 2. The van der Waals surface area contributed by atoms with Gasteiger partial charge in [0.2, 0.25) is 11.8 Å². The SMILES string of the molecule is O=C(CSc1nnc(COc2ccccc2Cl)n1-c1ccccc1)NC(=O)Cc1ccccc1. The highest BCUT2D eigenvalue weighted by molar-refractivity contribution is 7.99. The fourth-order valence-electron chi connectivity index (χ4n) is 3.17. The van der Waals surface area contributed by atoms with E-state index in [9.17, 15) is 9.59 Å². The number of nitrogens with zero attached hydrogens (tertiary/aromatic N) is 3. The van der Waals surface area contributed by atoms with Crippen molar-refractivity contribution in [3.63, 3.8) is 0 Å². The maximum Gasteiger partial charge on any atom is 0.237 e. The van der Waals surface area contributed by atoms with E-state index in [1.54, 1.807) is 12.1 Å². The Morgan fingerprint density at radius 2 is 1.56 bits per heavy atom. The van der Waals surface area contributed by atoms with Crippen LogP contribution >= 0.6 is 23.4 Å². The first-order valence-electron chi connectivity index (χ1n) is 10.5. The van der Waals surface area contributed by atoms with Gasteiger partial charge in [0.1, 0.15) is 12.4 Å². The van der Waals surface area contributed by atoms with Crippen molar-refractivity contribution in [2.75, 3.05) is 5.75 Å². The van der Waals surface area contributed by atoms with Crippen molar-refractivity contribution in [2.24, 2.45) is 0 Å². The molecule has 9 heteroatoms. The molecule has 0 radical (unpaired) electrons. The van der Waals surface area contributed by atoms with Crippen molar-refractivity contribution in [3.05, 3.63) is 101 Å². The zero-order valence-electron chi connectivity index (χ0n) is 18.1. The fraction of sp³-hybridized carbons (Fsp3) is 0.120. The molecule has 0 bridgehead atoms. The van der Waals surface area contributed by atoms with Gasteiger partial charge in [-0.15, -0.1) is 10.2 Å². The van der Waals surface area contributed by atoms with Crippen molar-refractivity contribution in [2.45, 2.75) is 18.2 Å². The van der Waals surface area contributed by atoms with Crippen molar-refractivity contribution in [1.29, 1.82) is 0 Å². The van der Waals surface area contributed by atoms with E-state index in [2.05, 4.69) is 15.5 Å². The monoisotopic (exact) mass is 492 g/mol. The van der Waals surface area contributed by atoms with E-state index < -0.39 is 5.91 Å². The molecule has 4 rings (SSSR count). The number of ether oxygens (including phenoxy) is 1. The molecule has 0 saturated carbocycles. The van der Waals surface area contributed by atoms with E-state index in [0.29, 0.717) is 21.8 Å². The van der Waals surface area contributed by atoms with Crippen molar-refractivity contribution in [3.8, 4) is 11.4 Å². The number of nitrogens with one attached hydrogen (secondary N) is 1. The summed E-state index contributed by atoms with van der Waals surface area (Å²) >= 11 is 7.37. The highest BCUT2D eigenvalue weighted by atomic mass is 35.5. The Hall–Kier alpha value is -3.62. The number of imide groups is 1. The molecule has 1 heterocycles. The predicted octanol–water partition coefficient (Wildman–Crippen LogP) is 4.48. The van der Waals surface area contributed by atoms with Crippen LogP contribution in [0, 0.1) is 0 Å². The van der Waals surface area contributed by atoms with Crippen LogP contribution in [-0.4, -0.2) is 32.3 Å². The fourth-order valence-corrected chi connectivity index (χ4v) is 4.14. The second kappa shape index (κ2) is 11.5. The molecule has 7 nitrogen and oxygen atoms in total. The molecule has 3 aromatic carbocycles. The van der Waals surface area contributed by atoms with E-state index in [1.807, 2.05) is 77.4 Å². The standard InChI is InChI=1S/C25H21ClN4O3S/c26-20-13-7-8-14-21(20)33-16-22-28-29-25(30(22)19-11-5-2-6-12-19)34-17-24(32)27-23(31)15-18-9-3-1-4-10-18/h1-14H,15-17H2,(H,27,31,32). The Labute approximate surface area is 206 Å². The number of hydrogen-bond acceptors (Lipinski definition) is 6. The molecule has 2 amide bonds. The highest BCUT2D eigenvalue weighted by Crippen LogP contribution is 2.26. The Balaban J connectivity index is 1.43. The smallest absolute Gasteiger partial charge is 0.237 e. The average molecular weight is 493 g/mol. The lowest BCUT2D eigenvalue weighted by molar-refractivity contribution is -0.128. The van der Waals surface area contributed by atoms with Crippen LogP contribution in [0.1, 0.15) is 11.4 Å². The Morgan fingerprint density at radius 1 is 0.882 bits per heavy atom. The molecule has 0 aliphatic carbocycles. The maximum atomic E-state index is 12.4. The van der Waals surface area contributed by atoms with Crippen LogP contribution in [0.15, 0.2) is 90.1 Å². The lowest BCUT2D eigenvalue weighted by Gasteiger charge is -2.11. The number of aromatic nitrogens is 3. The summed E-state index contributed by atoms with van der Waals surface area (Å²) in [6.45, 7) is 0.133. The van der Waals surface area contributed by atoms with Gasteiger partial charge in [0.05, 0.1) is 17.2 Å². The van der Waals surface area contributed by atoms with Crippen LogP contribution in [0.4, 0.5) is 0 Å². The van der Waals surface area contributed by atoms with Crippen LogP contribution in [0.5, 0.6) is 5.75 Å². The number of amides is 2. The number of rotatable bonds is 9. The van der Waals surface area contributed by atoms with Gasteiger partial charge in [-0.1, -0.05) is 84.0 Å². The van der Waals surface area contributed by atoms with Crippen LogP contribution < -0.4 is 10.1 Å². The van der Waals surface area contributed by atoms with E-state index in [1.165, 1.54) is 11.8 Å². The predicted molar refractivity (Wildman–Crippen MR) is 131 cm³/mol. The minimum atomic E-state index is -0.401. The quantitative estimate of drug-likeness (QED) is 0.347. The molecule has 1 N–H and O–H groups in total. The van der Waals surface area contributed by atoms with Crippen molar-refractivity contribution < 1.29 is 14.3 Å². The summed E-state index contributed by atoms with van der Waals surface area (Å²) in [6, 6.07) is 26.0. The van der Waals surface area contributed by atoms with Crippen LogP contribution in [-0.2, 0) is 22.6 Å². The van der Waals surface area contributed by atoms with E-state index in [4.69, 9.17) is 16.3 Å². The van der Waals surface area contributed by atoms with E-state index in [-0.39, 0.29) is 24.7 Å². The highest BCUT2D eigenvalue weighted by Gasteiger charge is 2.17. The van der Waals surface area contributed by atoms with Crippen molar-refractivity contribution >= 4 is 35.2 Å². The lowest BCUT2D eigenvalue weighted by Crippen LogP contribution is -2.33. The largest absolute Gasteiger partial charge is 0.484 e. The molecule has 0 fully saturated rings. The first-order valence-corrected chi connectivity index (χ1v) is 11.8. The van der Waals surface area contributed by atoms with Crippen LogP contribution in [0.2, 0.25) is 5.02 Å². The molecule has 0 unspecified atom stereocenters. The Morgan fingerprint density at radius 3 is 2.29 bits per heavy atom. The third-order valence-electron chi connectivity index (χ3n) is 4.73. The van der Waals surface area contributed by atoms with Gasteiger partial charge in [0.15, 0.2) is 11.0 Å². The summed E-state index contributed by atoms with van der Waals surface area (Å²) in [4.78, 5) is 24.5. The molecule has 1 aromatic heterocycles. The molecule has 0 aliphatic rings. The minimum absolute atomic E-state index is 0.0108. The molecule has 0 spiro atoms. The second-order valence-electron chi connectivity index (χ2n) is 7.21. The van der Waals surface area contributed by atoms with Gasteiger partial charge in [-0.05, 0) is 29.8 Å². The molecule has 0 saturated heterocycles. The summed E-state index contributed by atoms with van der Waals surface area (Å²) in [7, 11) is 0. The third-order valence-corrected chi connectivity index (χ3v) is 5.97. The first kappa shape index (κ1) is 23.5. The van der Waals surface area contributed by atoms with Gasteiger partial charge >= 0.3 is 0 Å². The van der Waals surface area contributed by atoms with E-state index >= 15 is 0 Å². The maximum absolute atomic E-state index is 12.4. The number of hydrogen-bond donors (Lipinski definition) is 1. The first-order chi connectivity index (χ1) is 16.6. The van der Waals surface area contributed by atoms with Gasteiger partial charge in [-0.3, -0.25) is 19.5 Å². The minimum Gasteiger partial charge on any atom is -0.484 e. The van der Waals surface area contributed by atoms with Gasteiger partial charge in [0, 0.05) is 5.69 Å².